The number of anilines is 1. The van der Waals surface area contributed by atoms with E-state index < -0.39 is 12.0 Å². The molecule has 0 aliphatic carbocycles. The number of benzene rings is 3. The molecule has 0 atom stereocenters. The van der Waals surface area contributed by atoms with E-state index in [1.54, 1.807) is 12.1 Å². The Morgan fingerprint density at radius 1 is 1.06 bits per heavy atom. The number of nitrogens with one attached hydrogen (secondary N) is 1. The lowest BCUT2D eigenvalue weighted by molar-refractivity contribution is 0.100. The lowest BCUT2D eigenvalue weighted by Crippen LogP contribution is -2.12. The van der Waals surface area contributed by atoms with Crippen LogP contribution in [0.15, 0.2) is 65.2 Å². The molecule has 0 bridgehead atoms. The van der Waals surface area contributed by atoms with Gasteiger partial charge in [0.05, 0.1) is 18.3 Å². The second kappa shape index (κ2) is 8.64. The molecule has 0 radical (unpaired) electrons. The monoisotopic (exact) mass is 468 g/mol. The lowest BCUT2D eigenvalue weighted by Gasteiger charge is -2.10. The zero-order chi connectivity index (χ0) is 24.7. The van der Waals surface area contributed by atoms with Crippen molar-refractivity contribution < 1.29 is 18.8 Å². The average Bonchev–Trinajstić information content (AvgIpc) is 3.35. The second-order valence-corrected chi connectivity index (χ2v) is 8.40. The molecule has 8 heteroatoms. The summed E-state index contributed by atoms with van der Waals surface area (Å²) in [6, 6.07) is 19.4. The lowest BCUT2D eigenvalue weighted by atomic mass is 9.97. The Bertz CT molecular complexity index is 1580. The van der Waals surface area contributed by atoms with E-state index in [0.717, 1.165) is 38.8 Å². The number of nitrogens with two attached hydrogens (primary N) is 1. The van der Waals surface area contributed by atoms with E-state index in [2.05, 4.69) is 27.2 Å². The van der Waals surface area contributed by atoms with Crippen molar-refractivity contribution in [1.29, 1.82) is 0 Å². The van der Waals surface area contributed by atoms with Crippen LogP contribution in [0.1, 0.15) is 27.4 Å². The molecule has 3 aromatic carbocycles. The zero-order valence-corrected chi connectivity index (χ0v) is 19.6. The quantitative estimate of drug-likeness (QED) is 0.359. The highest BCUT2D eigenvalue weighted by Gasteiger charge is 2.22. The molecule has 0 spiro atoms. The predicted molar refractivity (Wildman–Crippen MR) is 135 cm³/mol. The highest BCUT2D eigenvalue weighted by atomic mass is 16.5. The summed E-state index contributed by atoms with van der Waals surface area (Å²) < 4.78 is 12.3. The van der Waals surface area contributed by atoms with Gasteiger partial charge in [-0.25, -0.2) is 4.79 Å². The topological polar surface area (TPSA) is 112 Å². The molecule has 8 nitrogen and oxygen atoms in total. The number of hydrogen-bond acceptors (Lipinski definition) is 5. The van der Waals surface area contributed by atoms with Gasteiger partial charge in [-0.3, -0.25) is 10.1 Å². The molecule has 0 fully saturated rings. The van der Waals surface area contributed by atoms with Gasteiger partial charge in [-0.05, 0) is 55.3 Å². The molecule has 0 aliphatic heterocycles. The fourth-order valence-corrected chi connectivity index (χ4v) is 4.64. The van der Waals surface area contributed by atoms with E-state index in [1.807, 2.05) is 50.2 Å². The van der Waals surface area contributed by atoms with Crippen LogP contribution in [-0.4, -0.2) is 28.8 Å². The molecule has 5 aromatic rings. The number of carbonyl (C=O) groups is 2. The number of rotatable bonds is 5. The first kappa shape index (κ1) is 22.2. The summed E-state index contributed by atoms with van der Waals surface area (Å²) in [7, 11) is 1.31. The summed E-state index contributed by atoms with van der Waals surface area (Å²) in [4.78, 5) is 24.5. The number of amides is 2. The summed E-state index contributed by atoms with van der Waals surface area (Å²) in [5.41, 5.74) is 12.0. The van der Waals surface area contributed by atoms with E-state index >= 15 is 0 Å². The number of fused-ring (bicyclic) bond motifs is 3. The smallest absolute Gasteiger partial charge is 0.411 e. The zero-order valence-electron chi connectivity index (χ0n) is 19.6. The molecule has 2 heterocycles. The van der Waals surface area contributed by atoms with Gasteiger partial charge >= 0.3 is 6.09 Å². The Morgan fingerprint density at radius 3 is 2.49 bits per heavy atom. The van der Waals surface area contributed by atoms with Gasteiger partial charge in [0.2, 0.25) is 5.91 Å². The molecular formula is C27H24N4O4. The van der Waals surface area contributed by atoms with Gasteiger partial charge in [0, 0.05) is 39.6 Å². The number of primary amides is 1. The third kappa shape index (κ3) is 3.89. The maximum absolute atomic E-state index is 12.7. The molecule has 0 aliphatic rings. The molecule has 0 saturated carbocycles. The number of aromatic nitrogens is 2. The second-order valence-electron chi connectivity index (χ2n) is 8.40. The number of ether oxygens (including phenoxy) is 1. The molecule has 2 aromatic heterocycles. The molecule has 0 unspecified atom stereocenters. The van der Waals surface area contributed by atoms with E-state index in [4.69, 9.17) is 15.0 Å². The van der Waals surface area contributed by atoms with Crippen molar-refractivity contribution in [3.05, 3.63) is 83.2 Å². The van der Waals surface area contributed by atoms with Gasteiger partial charge in [-0.15, -0.1) is 0 Å². The van der Waals surface area contributed by atoms with Crippen LogP contribution in [-0.2, 0) is 11.3 Å². The Kier molecular flexibility index (Phi) is 5.49. The normalized spacial score (nSPS) is 11.2. The van der Waals surface area contributed by atoms with Crippen LogP contribution in [0.3, 0.4) is 0 Å². The van der Waals surface area contributed by atoms with E-state index in [-0.39, 0.29) is 0 Å². The molecule has 176 valence electrons. The van der Waals surface area contributed by atoms with Gasteiger partial charge in [0.25, 0.3) is 0 Å². The van der Waals surface area contributed by atoms with Crippen LogP contribution in [0.4, 0.5) is 10.5 Å². The summed E-state index contributed by atoms with van der Waals surface area (Å²) in [5.74, 6) is 0.112. The molecule has 0 saturated heterocycles. The first-order valence-corrected chi connectivity index (χ1v) is 11.1. The highest BCUT2D eigenvalue weighted by molar-refractivity contribution is 6.19. The molecule has 35 heavy (non-hydrogen) atoms. The third-order valence-electron chi connectivity index (χ3n) is 6.17. The van der Waals surface area contributed by atoms with E-state index in [1.165, 1.54) is 7.11 Å². The molecular weight excluding hydrogens is 444 g/mol. The largest absolute Gasteiger partial charge is 0.453 e. The van der Waals surface area contributed by atoms with Crippen molar-refractivity contribution in [2.75, 3.05) is 12.4 Å². The summed E-state index contributed by atoms with van der Waals surface area (Å²) in [6.45, 7) is 4.28. The Morgan fingerprint density at radius 2 is 1.83 bits per heavy atom. The van der Waals surface area contributed by atoms with E-state index in [0.29, 0.717) is 28.9 Å². The number of aryl methyl sites for hydroxylation is 2. The van der Waals surface area contributed by atoms with Crippen molar-refractivity contribution in [1.82, 2.24) is 9.72 Å². The van der Waals surface area contributed by atoms with Crippen LogP contribution in [0.25, 0.3) is 32.9 Å². The van der Waals surface area contributed by atoms with Crippen LogP contribution in [0.5, 0.6) is 0 Å². The van der Waals surface area contributed by atoms with Gasteiger partial charge < -0.3 is 19.6 Å². The van der Waals surface area contributed by atoms with Crippen molar-refractivity contribution in [2.45, 2.75) is 20.4 Å². The Hall–Kier alpha value is -4.59. The van der Waals surface area contributed by atoms with Crippen molar-refractivity contribution in [2.24, 2.45) is 5.73 Å². The fraction of sp³-hybridized carbons (Fsp3) is 0.148. The first-order valence-electron chi connectivity index (χ1n) is 11.1. The first-order chi connectivity index (χ1) is 16.9. The van der Waals surface area contributed by atoms with Gasteiger partial charge in [0.1, 0.15) is 5.76 Å². The van der Waals surface area contributed by atoms with Gasteiger partial charge in [-0.2, -0.15) is 0 Å². The van der Waals surface area contributed by atoms with Gasteiger partial charge in [-0.1, -0.05) is 35.5 Å². The SMILES string of the molecule is COC(=O)Nc1ccc2c(c1)c1c(C(N)=O)cc(-c3c(C)noc3C)cc1n2Cc1ccccc1. The maximum atomic E-state index is 12.7. The van der Waals surface area contributed by atoms with Crippen LogP contribution in [0, 0.1) is 13.8 Å². The van der Waals surface area contributed by atoms with Crippen molar-refractivity contribution in [3.63, 3.8) is 0 Å². The van der Waals surface area contributed by atoms with Crippen LogP contribution in [0.2, 0.25) is 0 Å². The van der Waals surface area contributed by atoms with Gasteiger partial charge in [0.15, 0.2) is 0 Å². The van der Waals surface area contributed by atoms with Crippen molar-refractivity contribution >= 4 is 39.5 Å². The maximum Gasteiger partial charge on any atom is 0.411 e. The average molecular weight is 469 g/mol. The third-order valence-corrected chi connectivity index (χ3v) is 6.17. The Labute approximate surface area is 201 Å². The predicted octanol–water partition coefficient (Wildman–Crippen LogP) is 5.39. The van der Waals surface area contributed by atoms with Crippen molar-refractivity contribution in [3.8, 4) is 11.1 Å². The van der Waals surface area contributed by atoms with Crippen LogP contribution < -0.4 is 11.1 Å². The number of carbonyl (C=O) groups excluding carboxylic acids is 2. The Balaban J connectivity index is 1.85. The fourth-order valence-electron chi connectivity index (χ4n) is 4.64. The number of nitrogens with zero attached hydrogens (tertiary/aromatic N) is 2. The molecule has 5 rings (SSSR count). The van der Waals surface area contributed by atoms with E-state index in [9.17, 15) is 9.59 Å². The number of methoxy groups -OCH3 is 1. The summed E-state index contributed by atoms with van der Waals surface area (Å²) >= 11 is 0. The highest BCUT2D eigenvalue weighted by Crippen LogP contribution is 2.38. The molecule has 2 amide bonds. The minimum absolute atomic E-state index is 0.379. The summed E-state index contributed by atoms with van der Waals surface area (Å²) in [5, 5.41) is 8.29. The summed E-state index contributed by atoms with van der Waals surface area (Å²) in [6.07, 6.45) is -0.576. The minimum atomic E-state index is -0.576. The number of hydrogen-bond donors (Lipinski definition) is 2. The standard InChI is InChI=1S/C27H24N4O4/c1-15-24(16(2)35-30-15)18-11-21(26(28)32)25-20-13-19(29-27(33)34-3)9-10-22(20)31(23(25)12-18)14-17-7-5-4-6-8-17/h4-13H,14H2,1-3H3,(H2,28,32)(H,29,33). The van der Waals surface area contributed by atoms with Crippen LogP contribution >= 0.6 is 0 Å². The minimum Gasteiger partial charge on any atom is -0.453 e. The molecule has 3 N–H and O–H groups in total.